The number of hydrogen-bond acceptors (Lipinski definition) is 3. The summed E-state index contributed by atoms with van der Waals surface area (Å²) in [7, 11) is 1.98. The predicted octanol–water partition coefficient (Wildman–Crippen LogP) is 1.37. The number of likely N-dealkylation sites (N-methyl/N-ethyl adjacent to an activating group) is 1. The average molecular weight is 329 g/mol. The molecule has 0 radical (unpaired) electrons. The molecule has 5 heteroatoms. The smallest absolute Gasteiger partial charge is 0.233 e. The van der Waals surface area contributed by atoms with Crippen molar-refractivity contribution in [2.24, 2.45) is 11.7 Å². The molecule has 1 aliphatic heterocycles. The second kappa shape index (κ2) is 6.93. The molecule has 3 rings (SSSR count). The van der Waals surface area contributed by atoms with Crippen molar-refractivity contribution in [2.45, 2.75) is 31.1 Å². The SMILES string of the molecule is CN1CCN(C(=O)C2(c3ccccc3)CCCC2)C[C@@H](C(N)=O)C1. The maximum absolute atomic E-state index is 13.5. The van der Waals surface area contributed by atoms with Crippen LogP contribution in [0.4, 0.5) is 0 Å². The lowest BCUT2D eigenvalue weighted by atomic mass is 9.77. The zero-order chi connectivity index (χ0) is 17.2. The van der Waals surface area contributed by atoms with Gasteiger partial charge < -0.3 is 15.5 Å². The number of carbonyl (C=O) groups excluding carboxylic acids is 2. The maximum Gasteiger partial charge on any atom is 0.233 e. The van der Waals surface area contributed by atoms with Crippen LogP contribution < -0.4 is 5.73 Å². The lowest BCUT2D eigenvalue weighted by Crippen LogP contribution is -2.48. The highest BCUT2D eigenvalue weighted by atomic mass is 16.2. The summed E-state index contributed by atoms with van der Waals surface area (Å²) in [6.45, 7) is 2.50. The number of benzene rings is 1. The van der Waals surface area contributed by atoms with Crippen LogP contribution in [0, 0.1) is 5.92 Å². The lowest BCUT2D eigenvalue weighted by molar-refractivity contribution is -0.138. The zero-order valence-electron chi connectivity index (χ0n) is 14.4. The van der Waals surface area contributed by atoms with E-state index in [1.807, 2.05) is 30.1 Å². The van der Waals surface area contributed by atoms with Crippen LogP contribution in [0.3, 0.4) is 0 Å². The summed E-state index contributed by atoms with van der Waals surface area (Å²) in [6, 6.07) is 10.1. The van der Waals surface area contributed by atoms with Gasteiger partial charge in [-0.3, -0.25) is 9.59 Å². The van der Waals surface area contributed by atoms with Gasteiger partial charge in [0, 0.05) is 26.2 Å². The maximum atomic E-state index is 13.5. The molecule has 1 aliphatic carbocycles. The van der Waals surface area contributed by atoms with Gasteiger partial charge in [0.1, 0.15) is 0 Å². The monoisotopic (exact) mass is 329 g/mol. The minimum absolute atomic E-state index is 0.174. The van der Waals surface area contributed by atoms with Crippen LogP contribution in [0.1, 0.15) is 31.2 Å². The zero-order valence-corrected chi connectivity index (χ0v) is 14.4. The molecule has 1 saturated heterocycles. The van der Waals surface area contributed by atoms with Crippen molar-refractivity contribution >= 4 is 11.8 Å². The van der Waals surface area contributed by atoms with Gasteiger partial charge in [0.2, 0.25) is 11.8 Å². The van der Waals surface area contributed by atoms with Crippen LogP contribution in [0.2, 0.25) is 0 Å². The molecule has 1 aromatic carbocycles. The van der Waals surface area contributed by atoms with Crippen LogP contribution in [0.5, 0.6) is 0 Å². The van der Waals surface area contributed by atoms with Crippen LogP contribution in [-0.4, -0.2) is 54.8 Å². The number of primary amides is 1. The normalized spacial score (nSPS) is 24.5. The second-order valence-electron chi connectivity index (χ2n) is 7.27. The number of hydrogen-bond donors (Lipinski definition) is 1. The molecule has 1 saturated carbocycles. The van der Waals surface area contributed by atoms with Gasteiger partial charge in [-0.1, -0.05) is 43.2 Å². The molecular formula is C19H27N3O2. The summed E-state index contributed by atoms with van der Waals surface area (Å²) in [5, 5.41) is 0. The van der Waals surface area contributed by atoms with E-state index in [4.69, 9.17) is 5.73 Å². The van der Waals surface area contributed by atoms with E-state index < -0.39 is 5.41 Å². The highest BCUT2D eigenvalue weighted by molar-refractivity contribution is 5.89. The Morgan fingerprint density at radius 2 is 1.75 bits per heavy atom. The van der Waals surface area contributed by atoms with E-state index in [0.29, 0.717) is 19.6 Å². The number of amides is 2. The molecule has 24 heavy (non-hydrogen) atoms. The first-order valence-corrected chi connectivity index (χ1v) is 8.86. The molecule has 2 aliphatic rings. The highest BCUT2D eigenvalue weighted by Gasteiger charge is 2.45. The Hall–Kier alpha value is -1.88. The Morgan fingerprint density at radius 1 is 1.08 bits per heavy atom. The fourth-order valence-corrected chi connectivity index (χ4v) is 4.20. The van der Waals surface area contributed by atoms with Gasteiger partial charge in [-0.05, 0) is 25.5 Å². The van der Waals surface area contributed by atoms with Crippen molar-refractivity contribution in [1.82, 2.24) is 9.80 Å². The summed E-state index contributed by atoms with van der Waals surface area (Å²) in [5.74, 6) is -0.440. The first-order chi connectivity index (χ1) is 11.5. The fourth-order valence-electron chi connectivity index (χ4n) is 4.20. The van der Waals surface area contributed by atoms with Gasteiger partial charge in [-0.2, -0.15) is 0 Å². The molecule has 1 aromatic rings. The molecule has 0 unspecified atom stereocenters. The minimum atomic E-state index is -0.424. The van der Waals surface area contributed by atoms with Crippen molar-refractivity contribution in [3.8, 4) is 0 Å². The van der Waals surface area contributed by atoms with Crippen molar-refractivity contribution in [3.63, 3.8) is 0 Å². The Kier molecular flexibility index (Phi) is 4.90. The van der Waals surface area contributed by atoms with Crippen LogP contribution in [0.25, 0.3) is 0 Å². The Balaban J connectivity index is 1.89. The van der Waals surface area contributed by atoms with E-state index in [2.05, 4.69) is 17.0 Å². The standard InChI is InChI=1S/C19H27N3O2/c1-21-11-12-22(14-15(13-21)17(20)23)18(24)19(9-5-6-10-19)16-7-3-2-4-8-16/h2-4,7-8,15H,5-6,9-14H2,1H3,(H2,20,23)/t15-/m0/s1. The quantitative estimate of drug-likeness (QED) is 0.911. The topological polar surface area (TPSA) is 66.6 Å². The van der Waals surface area contributed by atoms with Crippen molar-refractivity contribution < 1.29 is 9.59 Å². The van der Waals surface area contributed by atoms with Crippen LogP contribution >= 0.6 is 0 Å². The van der Waals surface area contributed by atoms with Crippen LogP contribution in [-0.2, 0) is 15.0 Å². The van der Waals surface area contributed by atoms with Gasteiger partial charge in [-0.25, -0.2) is 0 Å². The molecule has 2 N–H and O–H groups in total. The molecule has 1 atom stereocenters. The summed E-state index contributed by atoms with van der Waals surface area (Å²) in [6.07, 6.45) is 3.94. The van der Waals surface area contributed by atoms with Gasteiger partial charge in [0.15, 0.2) is 0 Å². The van der Waals surface area contributed by atoms with E-state index in [9.17, 15) is 9.59 Å². The number of rotatable bonds is 3. The summed E-state index contributed by atoms with van der Waals surface area (Å²) < 4.78 is 0. The number of nitrogens with zero attached hydrogens (tertiary/aromatic N) is 2. The van der Waals surface area contributed by atoms with Crippen molar-refractivity contribution in [1.29, 1.82) is 0 Å². The molecule has 130 valence electrons. The molecule has 2 fully saturated rings. The molecule has 0 spiro atoms. The van der Waals surface area contributed by atoms with Crippen LogP contribution in [0.15, 0.2) is 30.3 Å². The predicted molar refractivity (Wildman–Crippen MR) is 93.3 cm³/mol. The third-order valence-corrected chi connectivity index (χ3v) is 5.61. The second-order valence-corrected chi connectivity index (χ2v) is 7.27. The van der Waals surface area contributed by atoms with Crippen molar-refractivity contribution in [3.05, 3.63) is 35.9 Å². The van der Waals surface area contributed by atoms with E-state index >= 15 is 0 Å². The average Bonchev–Trinajstić information content (AvgIpc) is 3.00. The van der Waals surface area contributed by atoms with Gasteiger partial charge >= 0.3 is 0 Å². The molecule has 0 bridgehead atoms. The summed E-state index contributed by atoms with van der Waals surface area (Å²) >= 11 is 0. The molecular weight excluding hydrogens is 302 g/mol. The Bertz CT molecular complexity index is 596. The summed E-state index contributed by atoms with van der Waals surface area (Å²) in [5.41, 5.74) is 6.24. The van der Waals surface area contributed by atoms with Crippen molar-refractivity contribution in [2.75, 3.05) is 33.2 Å². The number of nitrogens with two attached hydrogens (primary N) is 1. The molecule has 0 aromatic heterocycles. The molecule has 1 heterocycles. The van der Waals surface area contributed by atoms with Gasteiger partial charge in [0.25, 0.3) is 0 Å². The third kappa shape index (κ3) is 3.18. The molecule has 2 amide bonds. The fraction of sp³-hybridized carbons (Fsp3) is 0.579. The lowest BCUT2D eigenvalue weighted by Gasteiger charge is -2.35. The summed E-state index contributed by atoms with van der Waals surface area (Å²) in [4.78, 5) is 29.2. The van der Waals surface area contributed by atoms with E-state index in [1.165, 1.54) is 0 Å². The van der Waals surface area contributed by atoms with E-state index in [0.717, 1.165) is 37.8 Å². The van der Waals surface area contributed by atoms with Gasteiger partial charge in [0.05, 0.1) is 11.3 Å². The first-order valence-electron chi connectivity index (χ1n) is 8.86. The third-order valence-electron chi connectivity index (χ3n) is 5.61. The van der Waals surface area contributed by atoms with E-state index in [1.54, 1.807) is 0 Å². The minimum Gasteiger partial charge on any atom is -0.369 e. The van der Waals surface area contributed by atoms with Gasteiger partial charge in [-0.15, -0.1) is 0 Å². The Labute approximate surface area is 143 Å². The Morgan fingerprint density at radius 3 is 2.38 bits per heavy atom. The highest BCUT2D eigenvalue weighted by Crippen LogP contribution is 2.42. The van der Waals surface area contributed by atoms with E-state index in [-0.39, 0.29) is 17.7 Å². The first kappa shape index (κ1) is 17.0. The largest absolute Gasteiger partial charge is 0.369 e. The molecule has 5 nitrogen and oxygen atoms in total. The number of carbonyl (C=O) groups is 2.